The largest absolute Gasteiger partial charge is 1.00 e. The second-order valence-corrected chi connectivity index (χ2v) is 7.10. The highest BCUT2D eigenvalue weighted by molar-refractivity contribution is 5.89. The number of rotatable bonds is 3. The second-order valence-electron chi connectivity index (χ2n) is 7.10. The lowest BCUT2D eigenvalue weighted by Crippen LogP contribution is -3.12. The summed E-state index contributed by atoms with van der Waals surface area (Å²) in [6.07, 6.45) is 9.11. The number of hydrogen-bond acceptors (Lipinski definition) is 2. The van der Waals surface area contributed by atoms with E-state index >= 15 is 0 Å². The van der Waals surface area contributed by atoms with Crippen molar-refractivity contribution in [1.29, 1.82) is 0 Å². The fourth-order valence-electron chi connectivity index (χ4n) is 3.74. The second kappa shape index (κ2) is 9.85. The van der Waals surface area contributed by atoms with E-state index in [1.54, 1.807) is 4.90 Å². The summed E-state index contributed by atoms with van der Waals surface area (Å²) in [5, 5.41) is 0. The highest BCUT2D eigenvalue weighted by Gasteiger charge is 2.34. The summed E-state index contributed by atoms with van der Waals surface area (Å²) in [7, 11) is 0. The van der Waals surface area contributed by atoms with E-state index in [2.05, 4.69) is 11.8 Å². The van der Waals surface area contributed by atoms with Gasteiger partial charge in [0.1, 0.15) is 6.54 Å². The number of piperidine rings is 1. The topological polar surface area (TPSA) is 30.7 Å². The minimum Gasteiger partial charge on any atom is -1.00 e. The Kier molecular flexibility index (Phi) is 7.81. The van der Waals surface area contributed by atoms with E-state index in [4.69, 9.17) is 4.74 Å². The van der Waals surface area contributed by atoms with Crippen molar-refractivity contribution in [2.75, 3.05) is 19.6 Å². The van der Waals surface area contributed by atoms with Gasteiger partial charge in [0.2, 0.25) is 0 Å². The number of hydrogen-bond donors (Lipinski definition) is 1. The minimum atomic E-state index is -0.569. The molecule has 4 heteroatoms. The van der Waals surface area contributed by atoms with Crippen LogP contribution in [-0.4, -0.2) is 31.2 Å². The lowest BCUT2D eigenvalue weighted by molar-refractivity contribution is -0.897. The Bertz CT molecular complexity index is 593. The molecule has 2 fully saturated rings. The third-order valence-electron chi connectivity index (χ3n) is 5.17. The number of likely N-dealkylation sites (tertiary alicyclic amines) is 1. The SMILES string of the molecule is O=C(OC1(C#CC[NH+]2CCCCC2)CCCCC1)c1ccccc1.[Cl-]. The molecule has 136 valence electrons. The zero-order valence-electron chi connectivity index (χ0n) is 14.9. The van der Waals surface area contributed by atoms with E-state index < -0.39 is 5.60 Å². The first-order valence-corrected chi connectivity index (χ1v) is 9.39. The molecule has 2 aliphatic rings. The Morgan fingerprint density at radius 1 is 1.00 bits per heavy atom. The summed E-state index contributed by atoms with van der Waals surface area (Å²) >= 11 is 0. The predicted molar refractivity (Wildman–Crippen MR) is 94.9 cm³/mol. The van der Waals surface area contributed by atoms with Crippen LogP contribution < -0.4 is 17.3 Å². The molecule has 1 N–H and O–H groups in total. The summed E-state index contributed by atoms with van der Waals surface area (Å²) < 4.78 is 5.93. The third-order valence-corrected chi connectivity index (χ3v) is 5.17. The molecule has 1 aromatic carbocycles. The summed E-state index contributed by atoms with van der Waals surface area (Å²) in [5.74, 6) is 6.49. The smallest absolute Gasteiger partial charge is 0.339 e. The van der Waals surface area contributed by atoms with Crippen molar-refractivity contribution in [2.45, 2.75) is 57.0 Å². The maximum Gasteiger partial charge on any atom is 0.339 e. The van der Waals surface area contributed by atoms with Crippen molar-refractivity contribution in [3.05, 3.63) is 35.9 Å². The van der Waals surface area contributed by atoms with Crippen LogP contribution in [0.2, 0.25) is 0 Å². The highest BCUT2D eigenvalue weighted by atomic mass is 35.5. The van der Waals surface area contributed by atoms with E-state index in [-0.39, 0.29) is 18.4 Å². The molecule has 1 aliphatic heterocycles. The standard InChI is InChI=1S/C21H27NO2.ClH/c23-20(19-11-4-1-5-12-19)24-21(13-6-2-7-14-21)15-10-18-22-16-8-3-9-17-22;/h1,4-5,11-12H,2-3,6-9,13-14,16-18H2;1H. The van der Waals surface area contributed by atoms with E-state index in [0.717, 1.165) is 32.2 Å². The van der Waals surface area contributed by atoms with Gasteiger partial charge in [-0.15, -0.1) is 0 Å². The fraction of sp³-hybridized carbons (Fsp3) is 0.571. The Labute approximate surface area is 157 Å². The molecule has 1 saturated carbocycles. The highest BCUT2D eigenvalue weighted by Crippen LogP contribution is 2.32. The first-order valence-electron chi connectivity index (χ1n) is 9.39. The van der Waals surface area contributed by atoms with E-state index in [1.165, 1.54) is 38.8 Å². The van der Waals surface area contributed by atoms with Crippen molar-refractivity contribution >= 4 is 5.97 Å². The molecule has 0 aromatic heterocycles. The molecule has 3 rings (SSSR count). The van der Waals surface area contributed by atoms with Crippen LogP contribution in [0.15, 0.2) is 30.3 Å². The third kappa shape index (κ3) is 5.76. The van der Waals surface area contributed by atoms with Gasteiger partial charge in [0, 0.05) is 0 Å². The molecule has 1 aliphatic carbocycles. The quantitative estimate of drug-likeness (QED) is 0.588. The van der Waals surface area contributed by atoms with Crippen LogP contribution in [0.1, 0.15) is 61.7 Å². The van der Waals surface area contributed by atoms with Crippen molar-refractivity contribution in [2.24, 2.45) is 0 Å². The zero-order chi connectivity index (χ0) is 16.7. The van der Waals surface area contributed by atoms with Crippen LogP contribution in [0.5, 0.6) is 0 Å². The molecule has 0 radical (unpaired) electrons. The van der Waals surface area contributed by atoms with Crippen molar-refractivity contribution < 1.29 is 26.8 Å². The average molecular weight is 362 g/mol. The van der Waals surface area contributed by atoms with Crippen molar-refractivity contribution in [3.63, 3.8) is 0 Å². The molecule has 0 atom stereocenters. The average Bonchev–Trinajstić information content (AvgIpc) is 2.64. The summed E-state index contributed by atoms with van der Waals surface area (Å²) in [4.78, 5) is 14.1. The number of carbonyl (C=O) groups is 1. The molecule has 1 saturated heterocycles. The van der Waals surface area contributed by atoms with Gasteiger partial charge in [-0.25, -0.2) is 4.79 Å². The van der Waals surface area contributed by atoms with Crippen molar-refractivity contribution in [3.8, 4) is 11.8 Å². The van der Waals surface area contributed by atoms with Gasteiger partial charge in [-0.1, -0.05) is 24.6 Å². The molecule has 3 nitrogen and oxygen atoms in total. The molecular weight excluding hydrogens is 334 g/mol. The normalized spacial score (nSPS) is 19.8. The molecular formula is C21H28ClNO2. The molecule has 1 heterocycles. The van der Waals surface area contributed by atoms with Crippen molar-refractivity contribution in [1.82, 2.24) is 0 Å². The molecule has 0 unspecified atom stereocenters. The van der Waals surface area contributed by atoms with Gasteiger partial charge in [-0.2, -0.15) is 0 Å². The van der Waals surface area contributed by atoms with Crippen LogP contribution in [0, 0.1) is 11.8 Å². The zero-order valence-corrected chi connectivity index (χ0v) is 15.6. The first kappa shape index (κ1) is 19.8. The van der Waals surface area contributed by atoms with Crippen LogP contribution in [0.25, 0.3) is 0 Å². The Morgan fingerprint density at radius 2 is 1.64 bits per heavy atom. The first-order chi connectivity index (χ1) is 11.8. The Hall–Kier alpha value is -1.50. The van der Waals surface area contributed by atoms with Gasteiger partial charge in [-0.3, -0.25) is 0 Å². The molecule has 1 aromatic rings. The summed E-state index contributed by atoms with van der Waals surface area (Å²) in [6.45, 7) is 3.33. The van der Waals surface area contributed by atoms with Gasteiger partial charge in [-0.05, 0) is 68.9 Å². The number of nitrogens with one attached hydrogen (secondary N) is 1. The number of ether oxygens (including phenoxy) is 1. The van der Waals surface area contributed by atoms with Gasteiger partial charge >= 0.3 is 5.97 Å². The fourth-order valence-corrected chi connectivity index (χ4v) is 3.74. The lowest BCUT2D eigenvalue weighted by atomic mass is 9.85. The maximum absolute atomic E-state index is 12.5. The number of quaternary nitrogens is 1. The van der Waals surface area contributed by atoms with E-state index in [0.29, 0.717) is 5.56 Å². The Morgan fingerprint density at radius 3 is 2.32 bits per heavy atom. The molecule has 0 bridgehead atoms. The monoisotopic (exact) mass is 361 g/mol. The number of esters is 1. The van der Waals surface area contributed by atoms with Crippen LogP contribution in [0.3, 0.4) is 0 Å². The van der Waals surface area contributed by atoms with Gasteiger partial charge < -0.3 is 22.0 Å². The predicted octanol–water partition coefficient (Wildman–Crippen LogP) is -0.377. The van der Waals surface area contributed by atoms with E-state index in [1.807, 2.05) is 30.3 Å². The van der Waals surface area contributed by atoms with Gasteiger partial charge in [0.05, 0.1) is 18.7 Å². The van der Waals surface area contributed by atoms with Crippen LogP contribution in [0.4, 0.5) is 0 Å². The molecule has 25 heavy (non-hydrogen) atoms. The van der Waals surface area contributed by atoms with Crippen LogP contribution in [-0.2, 0) is 4.74 Å². The number of benzene rings is 1. The lowest BCUT2D eigenvalue weighted by Gasteiger charge is -2.32. The maximum atomic E-state index is 12.5. The molecule has 0 amide bonds. The minimum absolute atomic E-state index is 0. The van der Waals surface area contributed by atoms with Gasteiger partial charge in [0.15, 0.2) is 5.60 Å². The molecule has 0 spiro atoms. The Balaban J connectivity index is 0.00000225. The summed E-state index contributed by atoms with van der Waals surface area (Å²) in [5.41, 5.74) is 0.0475. The van der Waals surface area contributed by atoms with Crippen LogP contribution >= 0.6 is 0 Å². The van der Waals surface area contributed by atoms with E-state index in [9.17, 15) is 4.79 Å². The number of carbonyl (C=O) groups excluding carboxylic acids is 1. The van der Waals surface area contributed by atoms with Gasteiger partial charge in [0.25, 0.3) is 0 Å². The summed E-state index contributed by atoms with van der Waals surface area (Å²) in [6, 6.07) is 9.27. The number of halogens is 1.